The third-order valence-corrected chi connectivity index (χ3v) is 4.85. The first-order valence-corrected chi connectivity index (χ1v) is 7.59. The van der Waals surface area contributed by atoms with E-state index in [1.807, 2.05) is 0 Å². The largest absolute Gasteiger partial charge is 1.00 e. The molecule has 21 heavy (non-hydrogen) atoms. The summed E-state index contributed by atoms with van der Waals surface area (Å²) >= 11 is 0. The van der Waals surface area contributed by atoms with E-state index in [-0.39, 0.29) is 69.5 Å². The summed E-state index contributed by atoms with van der Waals surface area (Å²) in [6.07, 6.45) is 0. The molecule has 0 spiro atoms. The summed E-state index contributed by atoms with van der Waals surface area (Å²) in [6, 6.07) is 2.16. The molecule has 0 amide bonds. The summed E-state index contributed by atoms with van der Waals surface area (Å²) in [5, 5.41) is -0.571. The van der Waals surface area contributed by atoms with Crippen molar-refractivity contribution in [2.45, 2.75) is 19.1 Å². The topological polar surface area (TPSA) is 43.4 Å². The van der Waals surface area contributed by atoms with Gasteiger partial charge in [0.25, 0.3) is 0 Å². The molecule has 10 heteroatoms. The van der Waals surface area contributed by atoms with E-state index in [0.29, 0.717) is 12.1 Å². The molecule has 0 aliphatic carbocycles. The zero-order chi connectivity index (χ0) is 15.6. The molecule has 0 aliphatic rings. The molecular formula is C11H14BF4KO3S. The van der Waals surface area contributed by atoms with Crippen LogP contribution in [0.4, 0.5) is 17.3 Å². The first-order valence-electron chi connectivity index (χ1n) is 5.88. The standard InChI is InChI=1S/C11H14BF4O3S.K/c1-8(2)20(17,18)6-5-19-9-3-4-10(11(13)7-9)12(14,15)16;/h3-4,7-8H,5-6H2,1-2H3;/q-1;+1. The fourth-order valence-corrected chi connectivity index (χ4v) is 2.16. The van der Waals surface area contributed by atoms with Crippen LogP contribution >= 0.6 is 0 Å². The minimum Gasteiger partial charge on any atom is -0.492 e. The minimum atomic E-state index is -5.42. The molecule has 0 bridgehead atoms. The van der Waals surface area contributed by atoms with Crippen LogP contribution in [0.25, 0.3) is 0 Å². The average Bonchev–Trinajstić information content (AvgIpc) is 2.26. The Morgan fingerprint density at radius 3 is 2.24 bits per heavy atom. The second-order valence-electron chi connectivity index (χ2n) is 4.52. The Labute approximate surface area is 163 Å². The second kappa shape index (κ2) is 8.30. The number of ether oxygens (including phenoxy) is 1. The van der Waals surface area contributed by atoms with Gasteiger partial charge >= 0.3 is 58.4 Å². The van der Waals surface area contributed by atoms with Crippen molar-refractivity contribution >= 4 is 22.3 Å². The molecule has 1 rings (SSSR count). The van der Waals surface area contributed by atoms with Crippen molar-refractivity contribution in [2.24, 2.45) is 0 Å². The SMILES string of the molecule is CC(C)S(=O)(=O)CCOc1ccc([B-](F)(F)F)c(F)c1.[K+]. The molecule has 0 aliphatic heterocycles. The molecule has 3 nitrogen and oxygen atoms in total. The van der Waals surface area contributed by atoms with Gasteiger partial charge in [-0.05, 0) is 19.9 Å². The quantitative estimate of drug-likeness (QED) is 0.492. The molecule has 1 aromatic rings. The zero-order valence-electron chi connectivity index (χ0n) is 11.9. The minimum absolute atomic E-state index is 0. The molecule has 0 fully saturated rings. The average molecular weight is 352 g/mol. The molecule has 1 aromatic carbocycles. The third-order valence-electron chi connectivity index (χ3n) is 2.68. The Bertz CT molecular complexity index is 575. The first-order chi connectivity index (χ1) is 9.04. The molecule has 0 atom stereocenters. The third kappa shape index (κ3) is 6.57. The Balaban J connectivity index is 0.00000400. The Morgan fingerprint density at radius 2 is 1.81 bits per heavy atom. The van der Waals surface area contributed by atoms with Crippen molar-refractivity contribution in [3.8, 4) is 5.75 Å². The van der Waals surface area contributed by atoms with Crippen molar-refractivity contribution in [3.63, 3.8) is 0 Å². The Hall–Kier alpha value is 0.391. The predicted octanol–water partition coefficient (Wildman–Crippen LogP) is -0.914. The number of halogens is 4. The van der Waals surface area contributed by atoms with Gasteiger partial charge in [0.05, 0.1) is 16.8 Å². The number of hydrogen-bond donors (Lipinski definition) is 0. The van der Waals surface area contributed by atoms with Crippen LogP contribution in [-0.2, 0) is 9.84 Å². The molecule has 0 saturated carbocycles. The fraction of sp³-hybridized carbons (Fsp3) is 0.455. The van der Waals surface area contributed by atoms with Crippen LogP contribution in [0.1, 0.15) is 13.8 Å². The van der Waals surface area contributed by atoms with Gasteiger partial charge in [0, 0.05) is 6.07 Å². The second-order valence-corrected chi connectivity index (χ2v) is 7.20. The van der Waals surface area contributed by atoms with Crippen LogP contribution in [0.3, 0.4) is 0 Å². The number of hydrogen-bond acceptors (Lipinski definition) is 3. The van der Waals surface area contributed by atoms with E-state index in [2.05, 4.69) is 0 Å². The molecule has 114 valence electrons. The molecular weight excluding hydrogens is 338 g/mol. The van der Waals surface area contributed by atoms with E-state index in [1.54, 1.807) is 0 Å². The van der Waals surface area contributed by atoms with Crippen molar-refractivity contribution in [1.82, 2.24) is 0 Å². The van der Waals surface area contributed by atoms with E-state index < -0.39 is 33.3 Å². The fourth-order valence-electron chi connectivity index (χ4n) is 1.37. The molecule has 0 unspecified atom stereocenters. The van der Waals surface area contributed by atoms with Gasteiger partial charge in [-0.2, -0.15) is 0 Å². The maximum absolute atomic E-state index is 13.2. The van der Waals surface area contributed by atoms with Crippen molar-refractivity contribution in [1.29, 1.82) is 0 Å². The van der Waals surface area contributed by atoms with E-state index in [9.17, 15) is 25.8 Å². The zero-order valence-corrected chi connectivity index (χ0v) is 15.9. The van der Waals surface area contributed by atoms with Crippen LogP contribution in [0.5, 0.6) is 5.75 Å². The first kappa shape index (κ1) is 21.4. The van der Waals surface area contributed by atoms with Gasteiger partial charge in [-0.3, -0.25) is 0 Å². The normalized spacial score (nSPS) is 12.1. The van der Waals surface area contributed by atoms with Crippen molar-refractivity contribution in [2.75, 3.05) is 12.4 Å². The van der Waals surface area contributed by atoms with E-state index >= 15 is 0 Å². The maximum atomic E-state index is 13.2. The monoisotopic (exact) mass is 352 g/mol. The molecule has 0 saturated heterocycles. The van der Waals surface area contributed by atoms with Gasteiger partial charge in [0.2, 0.25) is 0 Å². The van der Waals surface area contributed by atoms with Crippen molar-refractivity contribution in [3.05, 3.63) is 24.0 Å². The predicted molar refractivity (Wildman–Crippen MR) is 69.5 cm³/mol. The molecule has 0 radical (unpaired) electrons. The summed E-state index contributed by atoms with van der Waals surface area (Å²) < 4.78 is 78.3. The summed E-state index contributed by atoms with van der Waals surface area (Å²) in [7, 11) is -3.31. The van der Waals surface area contributed by atoms with Crippen LogP contribution in [-0.4, -0.2) is 33.0 Å². The summed E-state index contributed by atoms with van der Waals surface area (Å²) in [6.45, 7) is -2.64. The van der Waals surface area contributed by atoms with Gasteiger partial charge < -0.3 is 17.7 Å². The van der Waals surface area contributed by atoms with Crippen LogP contribution < -0.4 is 61.6 Å². The Kier molecular flexibility index (Phi) is 8.46. The molecule has 0 aromatic heterocycles. The van der Waals surface area contributed by atoms with E-state index in [1.165, 1.54) is 13.8 Å². The molecule has 0 N–H and O–H groups in total. The smallest absolute Gasteiger partial charge is 0.492 e. The van der Waals surface area contributed by atoms with Gasteiger partial charge in [0.1, 0.15) is 12.4 Å². The van der Waals surface area contributed by atoms with Gasteiger partial charge in [-0.25, -0.2) is 12.8 Å². The summed E-state index contributed by atoms with van der Waals surface area (Å²) in [4.78, 5) is 0. The maximum Gasteiger partial charge on any atom is 1.00 e. The van der Waals surface area contributed by atoms with Gasteiger partial charge in [-0.15, -0.1) is 0 Å². The number of rotatable bonds is 6. The van der Waals surface area contributed by atoms with Crippen LogP contribution in [0.15, 0.2) is 18.2 Å². The van der Waals surface area contributed by atoms with Gasteiger partial charge in [-0.1, -0.05) is 11.5 Å². The summed E-state index contributed by atoms with van der Waals surface area (Å²) in [5.41, 5.74) is -1.33. The summed E-state index contributed by atoms with van der Waals surface area (Å²) in [5.74, 6) is -1.84. The van der Waals surface area contributed by atoms with Gasteiger partial charge in [0.15, 0.2) is 9.84 Å². The Morgan fingerprint density at radius 1 is 1.24 bits per heavy atom. The number of sulfone groups is 1. The van der Waals surface area contributed by atoms with Crippen LogP contribution in [0.2, 0.25) is 0 Å². The van der Waals surface area contributed by atoms with E-state index in [4.69, 9.17) is 4.74 Å². The number of benzene rings is 1. The molecule has 0 heterocycles. The van der Waals surface area contributed by atoms with E-state index in [0.717, 1.165) is 6.07 Å². The van der Waals surface area contributed by atoms with Crippen LogP contribution in [0, 0.1) is 5.82 Å². The van der Waals surface area contributed by atoms with Crippen molar-refractivity contribution < 1.29 is 81.9 Å².